The van der Waals surface area contributed by atoms with Gasteiger partial charge in [0.2, 0.25) is 0 Å². The number of aryl methyl sites for hydroxylation is 1. The molecule has 142 valence electrons. The Morgan fingerprint density at radius 1 is 1.22 bits per heavy atom. The molecule has 27 heavy (non-hydrogen) atoms. The summed E-state index contributed by atoms with van der Waals surface area (Å²) in [4.78, 5) is 12.5. The first-order valence-corrected chi connectivity index (χ1v) is 8.49. The minimum absolute atomic E-state index is 0.270. The highest BCUT2D eigenvalue weighted by Gasteiger charge is 2.13. The Kier molecular flexibility index (Phi) is 5.60. The van der Waals surface area contributed by atoms with Crippen molar-refractivity contribution in [1.82, 2.24) is 24.1 Å². The zero-order valence-corrected chi connectivity index (χ0v) is 14.8. The summed E-state index contributed by atoms with van der Waals surface area (Å²) in [7, 11) is 0. The van der Waals surface area contributed by atoms with Crippen LogP contribution >= 0.6 is 0 Å². The number of halogens is 2. The molecule has 3 aromatic rings. The summed E-state index contributed by atoms with van der Waals surface area (Å²) in [5.74, 6) is 0. The highest BCUT2D eigenvalue weighted by Crippen LogP contribution is 2.23. The molecule has 9 heteroatoms. The van der Waals surface area contributed by atoms with Gasteiger partial charge in [0.05, 0.1) is 19.3 Å². The lowest BCUT2D eigenvalue weighted by Gasteiger charge is -2.08. The van der Waals surface area contributed by atoms with Gasteiger partial charge < -0.3 is 5.73 Å². The summed E-state index contributed by atoms with van der Waals surface area (Å²) in [5, 5.41) is 8.21. The minimum atomic E-state index is -1.88. The number of aromatic nitrogens is 5. The molecular formula is C18H20F2N6O. The SMILES string of the molecule is CCn1cc(-c2ccccc2Cn2cnn(CC(CN)=C(F)F)c2=O)cn1. The van der Waals surface area contributed by atoms with Crippen molar-refractivity contribution in [2.45, 2.75) is 26.6 Å². The number of hydrogen-bond acceptors (Lipinski definition) is 4. The number of hydrogen-bond donors (Lipinski definition) is 1. The number of nitrogens with two attached hydrogens (primary N) is 1. The molecule has 0 aliphatic carbocycles. The largest absolute Gasteiger partial charge is 0.346 e. The average Bonchev–Trinajstić information content (AvgIpc) is 3.28. The molecule has 0 unspecified atom stereocenters. The smallest absolute Gasteiger partial charge is 0.327 e. The van der Waals surface area contributed by atoms with Crippen molar-refractivity contribution in [2.75, 3.05) is 6.54 Å². The van der Waals surface area contributed by atoms with Gasteiger partial charge in [-0.1, -0.05) is 24.3 Å². The second kappa shape index (κ2) is 8.09. The monoisotopic (exact) mass is 374 g/mol. The molecule has 0 fully saturated rings. The van der Waals surface area contributed by atoms with Crippen molar-refractivity contribution in [3.8, 4) is 11.1 Å². The standard InChI is InChI=1S/C18H20F2N6O/c1-2-25-10-15(8-22-25)16-6-4-3-5-13(16)9-24-12-23-26(18(24)27)11-14(7-21)17(19)20/h3-6,8,10,12H,2,7,9,11,21H2,1H3. The normalized spacial score (nSPS) is 11.0. The second-order valence-corrected chi connectivity index (χ2v) is 6.01. The lowest BCUT2D eigenvalue weighted by molar-refractivity contribution is 0.400. The van der Waals surface area contributed by atoms with Crippen LogP contribution in [-0.2, 0) is 19.6 Å². The summed E-state index contributed by atoms with van der Waals surface area (Å²) in [6.07, 6.45) is 3.18. The van der Waals surface area contributed by atoms with Gasteiger partial charge in [-0.25, -0.2) is 9.48 Å². The molecule has 2 aromatic heterocycles. The molecule has 0 atom stereocenters. The van der Waals surface area contributed by atoms with Gasteiger partial charge in [0.1, 0.15) is 6.33 Å². The van der Waals surface area contributed by atoms with Crippen LogP contribution in [0.2, 0.25) is 0 Å². The Bertz CT molecular complexity index is 1010. The Labute approximate surface area is 154 Å². The van der Waals surface area contributed by atoms with E-state index in [0.717, 1.165) is 27.9 Å². The third kappa shape index (κ3) is 4.03. The summed E-state index contributed by atoms with van der Waals surface area (Å²) in [6.45, 7) is 2.38. The maximum Gasteiger partial charge on any atom is 0.346 e. The molecule has 0 radical (unpaired) electrons. The molecule has 0 saturated heterocycles. The summed E-state index contributed by atoms with van der Waals surface area (Å²) < 4.78 is 29.8. The van der Waals surface area contributed by atoms with Gasteiger partial charge in [-0.05, 0) is 18.1 Å². The van der Waals surface area contributed by atoms with Crippen molar-refractivity contribution in [1.29, 1.82) is 0 Å². The van der Waals surface area contributed by atoms with Crippen molar-refractivity contribution >= 4 is 0 Å². The molecule has 0 aliphatic rings. The van der Waals surface area contributed by atoms with Gasteiger partial charge in [0, 0.05) is 30.4 Å². The summed E-state index contributed by atoms with van der Waals surface area (Å²) in [5.41, 5.74) is 7.32. The fourth-order valence-corrected chi connectivity index (χ4v) is 2.77. The molecule has 0 amide bonds. The maximum absolute atomic E-state index is 12.8. The molecule has 1 aromatic carbocycles. The third-order valence-corrected chi connectivity index (χ3v) is 4.28. The van der Waals surface area contributed by atoms with E-state index in [1.165, 1.54) is 10.9 Å². The van der Waals surface area contributed by atoms with E-state index in [-0.39, 0.29) is 25.2 Å². The van der Waals surface area contributed by atoms with E-state index in [1.54, 1.807) is 6.20 Å². The average molecular weight is 374 g/mol. The van der Waals surface area contributed by atoms with Crippen LogP contribution in [0.1, 0.15) is 12.5 Å². The molecule has 0 bridgehead atoms. The van der Waals surface area contributed by atoms with Gasteiger partial charge in [0.15, 0.2) is 0 Å². The van der Waals surface area contributed by atoms with Crippen molar-refractivity contribution in [2.24, 2.45) is 5.73 Å². The van der Waals surface area contributed by atoms with E-state index in [9.17, 15) is 13.6 Å². The Morgan fingerprint density at radius 2 is 2.00 bits per heavy atom. The summed E-state index contributed by atoms with van der Waals surface area (Å²) in [6, 6.07) is 7.66. The molecule has 0 saturated carbocycles. The summed E-state index contributed by atoms with van der Waals surface area (Å²) >= 11 is 0. The van der Waals surface area contributed by atoms with E-state index < -0.39 is 11.8 Å². The molecular weight excluding hydrogens is 354 g/mol. The van der Waals surface area contributed by atoms with Gasteiger partial charge in [-0.2, -0.15) is 19.0 Å². The molecule has 2 heterocycles. The van der Waals surface area contributed by atoms with Crippen LogP contribution in [0.4, 0.5) is 8.78 Å². The van der Waals surface area contributed by atoms with Crippen molar-refractivity contribution in [3.05, 3.63) is 70.7 Å². The topological polar surface area (TPSA) is 83.7 Å². The fourth-order valence-electron chi connectivity index (χ4n) is 2.77. The van der Waals surface area contributed by atoms with E-state index >= 15 is 0 Å². The minimum Gasteiger partial charge on any atom is -0.327 e. The molecule has 0 aliphatic heterocycles. The van der Waals surface area contributed by atoms with Crippen LogP contribution in [-0.4, -0.2) is 30.7 Å². The number of benzene rings is 1. The van der Waals surface area contributed by atoms with Crippen LogP contribution in [0.5, 0.6) is 0 Å². The highest BCUT2D eigenvalue weighted by molar-refractivity contribution is 5.65. The zero-order valence-electron chi connectivity index (χ0n) is 14.8. The first kappa shape index (κ1) is 18.7. The van der Waals surface area contributed by atoms with Crippen molar-refractivity contribution in [3.63, 3.8) is 0 Å². The van der Waals surface area contributed by atoms with Gasteiger partial charge >= 0.3 is 5.69 Å². The molecule has 7 nitrogen and oxygen atoms in total. The van der Waals surface area contributed by atoms with Gasteiger partial charge in [-0.3, -0.25) is 9.25 Å². The first-order valence-electron chi connectivity index (χ1n) is 8.49. The number of rotatable bonds is 7. The van der Waals surface area contributed by atoms with E-state index in [2.05, 4.69) is 10.2 Å². The molecule has 3 rings (SSSR count). The lowest BCUT2D eigenvalue weighted by Crippen LogP contribution is -2.27. The molecule has 0 spiro atoms. The van der Waals surface area contributed by atoms with E-state index in [4.69, 9.17) is 5.73 Å². The fraction of sp³-hybridized carbons (Fsp3) is 0.278. The Balaban J connectivity index is 1.89. The Hall–Kier alpha value is -3.07. The maximum atomic E-state index is 12.8. The van der Waals surface area contributed by atoms with Gasteiger partial charge in [0.25, 0.3) is 6.08 Å². The predicted molar refractivity (Wildman–Crippen MR) is 97.2 cm³/mol. The van der Waals surface area contributed by atoms with Crippen LogP contribution in [0.25, 0.3) is 11.1 Å². The van der Waals surface area contributed by atoms with Gasteiger partial charge in [-0.15, -0.1) is 0 Å². The predicted octanol–water partition coefficient (Wildman–Crippen LogP) is 2.09. The second-order valence-electron chi connectivity index (χ2n) is 6.01. The Morgan fingerprint density at radius 3 is 2.67 bits per heavy atom. The third-order valence-electron chi connectivity index (χ3n) is 4.28. The van der Waals surface area contributed by atoms with Crippen LogP contribution in [0.15, 0.2) is 59.4 Å². The van der Waals surface area contributed by atoms with E-state index in [0.29, 0.717) is 0 Å². The molecule has 2 N–H and O–H groups in total. The quantitative estimate of drug-likeness (QED) is 0.686. The lowest BCUT2D eigenvalue weighted by atomic mass is 10.0. The van der Waals surface area contributed by atoms with Crippen LogP contribution < -0.4 is 11.4 Å². The number of nitrogens with zero attached hydrogens (tertiary/aromatic N) is 5. The van der Waals surface area contributed by atoms with Crippen LogP contribution in [0, 0.1) is 0 Å². The van der Waals surface area contributed by atoms with Crippen molar-refractivity contribution < 1.29 is 8.78 Å². The van der Waals surface area contributed by atoms with Crippen LogP contribution in [0.3, 0.4) is 0 Å². The van der Waals surface area contributed by atoms with E-state index in [1.807, 2.05) is 42.1 Å². The highest BCUT2D eigenvalue weighted by atomic mass is 19.3. The first-order chi connectivity index (χ1) is 13.0. The zero-order chi connectivity index (χ0) is 19.4.